The van der Waals surface area contributed by atoms with Crippen molar-refractivity contribution in [3.05, 3.63) is 71.5 Å². The molecule has 1 heterocycles. The van der Waals surface area contributed by atoms with E-state index in [0.29, 0.717) is 24.5 Å². The van der Waals surface area contributed by atoms with Crippen LogP contribution < -0.4 is 4.90 Å². The fraction of sp³-hybridized carbons (Fsp3) is 0.360. The number of halogens is 1. The lowest BCUT2D eigenvalue weighted by Gasteiger charge is -2.28. The zero-order chi connectivity index (χ0) is 22.4. The Labute approximate surface area is 183 Å². The van der Waals surface area contributed by atoms with Crippen molar-refractivity contribution < 1.29 is 13.7 Å². The SMILES string of the molecule is CCN(CC)c1onc(-c2ccc(F)cc2)c1CN(C(=O)Cc1ccccc1)C(C)C. The van der Waals surface area contributed by atoms with Gasteiger partial charge in [0.1, 0.15) is 11.5 Å². The first-order valence-electron chi connectivity index (χ1n) is 10.8. The maximum Gasteiger partial charge on any atom is 0.232 e. The van der Waals surface area contributed by atoms with Gasteiger partial charge in [-0.05, 0) is 57.5 Å². The van der Waals surface area contributed by atoms with Crippen LogP contribution in [0.15, 0.2) is 59.1 Å². The quantitative estimate of drug-likeness (QED) is 0.468. The third-order valence-corrected chi connectivity index (χ3v) is 5.41. The van der Waals surface area contributed by atoms with Gasteiger partial charge in [-0.1, -0.05) is 35.5 Å². The second-order valence-electron chi connectivity index (χ2n) is 7.77. The summed E-state index contributed by atoms with van der Waals surface area (Å²) in [6, 6.07) is 15.9. The molecule has 3 aromatic rings. The van der Waals surface area contributed by atoms with Crippen LogP contribution in [0.25, 0.3) is 11.3 Å². The molecule has 1 aromatic heterocycles. The number of aromatic nitrogens is 1. The van der Waals surface area contributed by atoms with E-state index < -0.39 is 0 Å². The summed E-state index contributed by atoms with van der Waals surface area (Å²) in [5, 5.41) is 4.31. The number of amides is 1. The van der Waals surface area contributed by atoms with Crippen LogP contribution in [0.1, 0.15) is 38.8 Å². The van der Waals surface area contributed by atoms with Gasteiger partial charge < -0.3 is 14.3 Å². The summed E-state index contributed by atoms with van der Waals surface area (Å²) in [6.45, 7) is 9.98. The van der Waals surface area contributed by atoms with Crippen LogP contribution in [-0.4, -0.2) is 35.1 Å². The summed E-state index contributed by atoms with van der Waals surface area (Å²) in [5.74, 6) is 0.389. The molecule has 2 aromatic carbocycles. The maximum absolute atomic E-state index is 13.5. The molecule has 0 fully saturated rings. The first kappa shape index (κ1) is 22.5. The van der Waals surface area contributed by atoms with Gasteiger partial charge in [0.05, 0.1) is 18.5 Å². The average molecular weight is 424 g/mol. The molecule has 31 heavy (non-hydrogen) atoms. The molecular formula is C25H30FN3O2. The third kappa shape index (κ3) is 5.32. The number of hydrogen-bond donors (Lipinski definition) is 0. The predicted molar refractivity (Wildman–Crippen MR) is 121 cm³/mol. The zero-order valence-electron chi connectivity index (χ0n) is 18.6. The second kappa shape index (κ2) is 10.2. The lowest BCUT2D eigenvalue weighted by Crippen LogP contribution is -2.38. The molecule has 0 saturated heterocycles. The van der Waals surface area contributed by atoms with E-state index in [4.69, 9.17) is 4.52 Å². The molecule has 164 valence electrons. The molecule has 0 unspecified atom stereocenters. The van der Waals surface area contributed by atoms with Crippen LogP contribution in [0.4, 0.5) is 10.3 Å². The normalized spacial score (nSPS) is 11.0. The van der Waals surface area contributed by atoms with Gasteiger partial charge in [0, 0.05) is 24.7 Å². The van der Waals surface area contributed by atoms with Crippen molar-refractivity contribution in [1.82, 2.24) is 10.1 Å². The molecule has 0 spiro atoms. The van der Waals surface area contributed by atoms with Gasteiger partial charge >= 0.3 is 0 Å². The molecular weight excluding hydrogens is 393 g/mol. The van der Waals surface area contributed by atoms with Gasteiger partial charge in [0.15, 0.2) is 0 Å². The van der Waals surface area contributed by atoms with Gasteiger partial charge in [-0.2, -0.15) is 0 Å². The summed E-state index contributed by atoms with van der Waals surface area (Å²) in [6.07, 6.45) is 0.330. The minimum atomic E-state index is -0.306. The van der Waals surface area contributed by atoms with Crippen molar-refractivity contribution >= 4 is 11.8 Å². The lowest BCUT2D eigenvalue weighted by molar-refractivity contribution is -0.132. The fourth-order valence-corrected chi connectivity index (χ4v) is 3.64. The molecule has 3 rings (SSSR count). The highest BCUT2D eigenvalue weighted by Crippen LogP contribution is 2.33. The molecule has 0 atom stereocenters. The highest BCUT2D eigenvalue weighted by molar-refractivity contribution is 5.80. The van der Waals surface area contributed by atoms with Crippen molar-refractivity contribution in [3.8, 4) is 11.3 Å². The Bertz CT molecular complexity index is 980. The summed E-state index contributed by atoms with van der Waals surface area (Å²) < 4.78 is 19.2. The molecule has 0 aliphatic carbocycles. The molecule has 1 amide bonds. The number of hydrogen-bond acceptors (Lipinski definition) is 4. The van der Waals surface area contributed by atoms with E-state index in [9.17, 15) is 9.18 Å². The number of benzene rings is 2. The van der Waals surface area contributed by atoms with Gasteiger partial charge in [-0.3, -0.25) is 4.79 Å². The highest BCUT2D eigenvalue weighted by Gasteiger charge is 2.26. The monoisotopic (exact) mass is 423 g/mol. The Hall–Kier alpha value is -3.15. The number of nitrogens with zero attached hydrogens (tertiary/aromatic N) is 3. The second-order valence-corrected chi connectivity index (χ2v) is 7.77. The van der Waals surface area contributed by atoms with Crippen molar-refractivity contribution in [2.45, 2.75) is 46.7 Å². The zero-order valence-corrected chi connectivity index (χ0v) is 18.6. The number of carbonyl (C=O) groups is 1. The van der Waals surface area contributed by atoms with Crippen molar-refractivity contribution in [2.75, 3.05) is 18.0 Å². The van der Waals surface area contributed by atoms with E-state index in [1.165, 1.54) is 12.1 Å². The Morgan fingerprint density at radius 1 is 1.03 bits per heavy atom. The van der Waals surface area contributed by atoms with E-state index >= 15 is 0 Å². The lowest BCUT2D eigenvalue weighted by atomic mass is 10.0. The van der Waals surface area contributed by atoms with E-state index in [1.54, 1.807) is 12.1 Å². The molecule has 0 radical (unpaired) electrons. The summed E-state index contributed by atoms with van der Waals surface area (Å²) in [7, 11) is 0. The number of carbonyl (C=O) groups excluding carboxylic acids is 1. The molecule has 0 aliphatic heterocycles. The Morgan fingerprint density at radius 2 is 1.68 bits per heavy atom. The minimum Gasteiger partial charge on any atom is -0.341 e. The van der Waals surface area contributed by atoms with Crippen molar-refractivity contribution in [2.24, 2.45) is 0 Å². The predicted octanol–water partition coefficient (Wildman–Crippen LogP) is 5.31. The van der Waals surface area contributed by atoms with Gasteiger partial charge in [0.25, 0.3) is 0 Å². The molecule has 0 aliphatic rings. The van der Waals surface area contributed by atoms with Gasteiger partial charge in [-0.15, -0.1) is 0 Å². The van der Waals surface area contributed by atoms with Gasteiger partial charge in [-0.25, -0.2) is 4.39 Å². The Balaban J connectivity index is 1.98. The molecule has 5 nitrogen and oxygen atoms in total. The first-order valence-corrected chi connectivity index (χ1v) is 10.8. The van der Waals surface area contributed by atoms with Gasteiger partial charge in [0.2, 0.25) is 11.8 Å². The maximum atomic E-state index is 13.5. The van der Waals surface area contributed by atoms with E-state index in [-0.39, 0.29) is 17.8 Å². The standard InChI is InChI=1S/C25H30FN3O2/c1-5-28(6-2)25-22(24(27-31-25)20-12-14-21(26)15-13-20)17-29(18(3)4)23(30)16-19-10-8-7-9-11-19/h7-15,18H,5-6,16-17H2,1-4H3. The van der Waals surface area contributed by atoms with Crippen LogP contribution >= 0.6 is 0 Å². The Morgan fingerprint density at radius 3 is 2.26 bits per heavy atom. The molecule has 0 bridgehead atoms. The largest absolute Gasteiger partial charge is 0.341 e. The molecule has 6 heteroatoms. The van der Waals surface area contributed by atoms with E-state index in [2.05, 4.69) is 10.1 Å². The number of rotatable bonds is 9. The van der Waals surface area contributed by atoms with E-state index in [0.717, 1.165) is 29.8 Å². The van der Waals surface area contributed by atoms with Crippen LogP contribution in [0.3, 0.4) is 0 Å². The van der Waals surface area contributed by atoms with Crippen molar-refractivity contribution in [3.63, 3.8) is 0 Å². The summed E-state index contributed by atoms with van der Waals surface area (Å²) in [4.78, 5) is 17.1. The highest BCUT2D eigenvalue weighted by atomic mass is 19.1. The average Bonchev–Trinajstić information content (AvgIpc) is 3.17. The summed E-state index contributed by atoms with van der Waals surface area (Å²) in [5.41, 5.74) is 3.22. The smallest absolute Gasteiger partial charge is 0.232 e. The van der Waals surface area contributed by atoms with Crippen LogP contribution in [-0.2, 0) is 17.8 Å². The Kier molecular flexibility index (Phi) is 7.45. The van der Waals surface area contributed by atoms with Crippen molar-refractivity contribution in [1.29, 1.82) is 0 Å². The summed E-state index contributed by atoms with van der Waals surface area (Å²) >= 11 is 0. The van der Waals surface area contributed by atoms with E-state index in [1.807, 2.05) is 62.9 Å². The topological polar surface area (TPSA) is 49.6 Å². The molecule has 0 saturated carbocycles. The molecule has 0 N–H and O–H groups in total. The first-order chi connectivity index (χ1) is 14.9. The van der Waals surface area contributed by atoms with Crippen LogP contribution in [0.2, 0.25) is 0 Å². The van der Waals surface area contributed by atoms with Crippen LogP contribution in [0, 0.1) is 5.82 Å². The third-order valence-electron chi connectivity index (χ3n) is 5.41. The minimum absolute atomic E-state index is 0.00302. The fourth-order valence-electron chi connectivity index (χ4n) is 3.64. The number of anilines is 1. The van der Waals surface area contributed by atoms with Crippen LogP contribution in [0.5, 0.6) is 0 Å².